The van der Waals surface area contributed by atoms with Crippen LogP contribution in [0.25, 0.3) is 0 Å². The van der Waals surface area contributed by atoms with Crippen LogP contribution in [0, 0.1) is 0 Å². The molecule has 242 valence electrons. The van der Waals surface area contributed by atoms with Crippen molar-refractivity contribution < 1.29 is 69.1 Å². The monoisotopic (exact) mass is 758 g/mol. The van der Waals surface area contributed by atoms with Crippen LogP contribution >= 0.6 is 33.2 Å². The van der Waals surface area contributed by atoms with Gasteiger partial charge >= 0.3 is 56.6 Å². The third kappa shape index (κ3) is 20.8. The molecule has 0 aromatic carbocycles. The summed E-state index contributed by atoms with van der Waals surface area (Å²) >= 11 is 17.1. The summed E-state index contributed by atoms with van der Waals surface area (Å²) in [6.07, 6.45) is -28.4. The average Bonchev–Trinajstić information content (AvgIpc) is 2.57. The Morgan fingerprint density at radius 2 is 0.725 bits per heavy atom. The SMILES string of the molecule is C[Si](C)(CC(F)(F)F)O[Si](C)(CCC(F)(F)F)O[Si](C)(CCC(F)(F)F)O[Si](C)(CCC(F)(F)F)O[Si](Cl)(Cl)Cl. The highest BCUT2D eigenvalue weighted by molar-refractivity contribution is 7.62. The lowest BCUT2D eigenvalue weighted by molar-refractivity contribution is -0.132. The van der Waals surface area contributed by atoms with Gasteiger partial charge in [-0.1, -0.05) is 33.2 Å². The maximum Gasteiger partial charge on any atom is 0.485 e. The van der Waals surface area contributed by atoms with Gasteiger partial charge in [0.1, 0.15) is 0 Å². The molecule has 0 aromatic heterocycles. The topological polar surface area (TPSA) is 36.9 Å². The van der Waals surface area contributed by atoms with Crippen LogP contribution < -0.4 is 0 Å². The van der Waals surface area contributed by atoms with Crippen molar-refractivity contribution in [2.45, 2.75) is 101 Å². The third-order valence-electron chi connectivity index (χ3n) is 4.90. The van der Waals surface area contributed by atoms with Gasteiger partial charge in [-0.15, -0.1) is 0 Å². The zero-order valence-corrected chi connectivity index (χ0v) is 29.0. The predicted octanol–water partition coefficient (Wildman–Crippen LogP) is 10.0. The van der Waals surface area contributed by atoms with E-state index in [0.717, 1.165) is 32.7 Å². The van der Waals surface area contributed by atoms with Crippen LogP contribution in [0.3, 0.4) is 0 Å². The highest BCUT2D eigenvalue weighted by Gasteiger charge is 2.55. The second-order valence-electron chi connectivity index (χ2n) is 10.2. The number of hydrogen-bond acceptors (Lipinski definition) is 4. The van der Waals surface area contributed by atoms with Crippen LogP contribution in [-0.4, -0.2) is 65.0 Å². The van der Waals surface area contributed by atoms with E-state index in [4.69, 9.17) is 49.7 Å². The van der Waals surface area contributed by atoms with E-state index in [1.54, 1.807) is 0 Å². The smallest absolute Gasteiger partial charge is 0.436 e. The van der Waals surface area contributed by atoms with Crippen LogP contribution in [0.2, 0.25) is 56.9 Å². The second-order valence-corrected chi connectivity index (χ2v) is 33.0. The summed E-state index contributed by atoms with van der Waals surface area (Å²) < 4.78 is 180. The Labute approximate surface area is 243 Å². The Hall–Kier alpha value is 0.954. The van der Waals surface area contributed by atoms with Gasteiger partial charge in [-0.2, -0.15) is 52.7 Å². The molecular weight excluding hydrogens is 731 g/mol. The molecule has 0 aliphatic carbocycles. The summed E-state index contributed by atoms with van der Waals surface area (Å²) in [6.45, 7) is 4.93. The molecule has 0 saturated carbocycles. The molecule has 0 aliphatic rings. The molecule has 3 atom stereocenters. The van der Waals surface area contributed by atoms with E-state index in [1.165, 1.54) is 0 Å². The van der Waals surface area contributed by atoms with Gasteiger partial charge in [0.2, 0.25) is 0 Å². The molecule has 3 unspecified atom stereocenters. The first-order chi connectivity index (χ1) is 17.2. The van der Waals surface area contributed by atoms with E-state index in [0.29, 0.717) is 0 Å². The van der Waals surface area contributed by atoms with Crippen LogP contribution in [0.4, 0.5) is 52.7 Å². The van der Waals surface area contributed by atoms with Crippen molar-refractivity contribution in [1.82, 2.24) is 0 Å². The van der Waals surface area contributed by atoms with Gasteiger partial charge in [0.25, 0.3) is 0 Å². The molecule has 40 heavy (non-hydrogen) atoms. The van der Waals surface area contributed by atoms with E-state index in [1.807, 2.05) is 0 Å². The quantitative estimate of drug-likeness (QED) is 0.0947. The molecule has 0 spiro atoms. The zero-order valence-electron chi connectivity index (χ0n) is 21.8. The van der Waals surface area contributed by atoms with Gasteiger partial charge in [-0.25, -0.2) is 0 Å². The highest BCUT2D eigenvalue weighted by atomic mass is 35.8. The Balaban J connectivity index is 6.65. The van der Waals surface area contributed by atoms with E-state index in [-0.39, 0.29) is 0 Å². The molecule has 0 radical (unpaired) electrons. The van der Waals surface area contributed by atoms with E-state index in [2.05, 4.69) is 0 Å². The van der Waals surface area contributed by atoms with Gasteiger partial charge in [0.05, 0.1) is 6.04 Å². The molecule has 0 bridgehead atoms. The first-order valence-corrected chi connectivity index (χ1v) is 26.9. The fraction of sp³-hybridized carbons (Fsp3) is 1.00. The molecular formula is C16H29Cl3F12O4Si5. The van der Waals surface area contributed by atoms with Crippen LogP contribution in [0.15, 0.2) is 0 Å². The van der Waals surface area contributed by atoms with Crippen LogP contribution in [0.5, 0.6) is 0 Å². The predicted molar refractivity (Wildman–Crippen MR) is 137 cm³/mol. The zero-order chi connectivity index (χ0) is 32.3. The maximum absolute atomic E-state index is 13.2. The number of hydrogen-bond donors (Lipinski definition) is 0. The minimum Gasteiger partial charge on any atom is -0.436 e. The fourth-order valence-corrected chi connectivity index (χ4v) is 29.6. The van der Waals surface area contributed by atoms with Crippen molar-refractivity contribution in [2.75, 3.05) is 0 Å². The van der Waals surface area contributed by atoms with Crippen LogP contribution in [-0.2, 0) is 16.5 Å². The van der Waals surface area contributed by atoms with Gasteiger partial charge in [0.15, 0.2) is 8.32 Å². The molecule has 0 fully saturated rings. The largest absolute Gasteiger partial charge is 0.485 e. The second kappa shape index (κ2) is 13.9. The van der Waals surface area contributed by atoms with E-state index in [9.17, 15) is 52.7 Å². The van der Waals surface area contributed by atoms with Crippen molar-refractivity contribution in [3.05, 3.63) is 0 Å². The summed E-state index contributed by atoms with van der Waals surface area (Å²) in [7, 11) is -17.3. The number of halogens is 15. The lowest BCUT2D eigenvalue weighted by Crippen LogP contribution is -2.61. The molecule has 0 aromatic rings. The van der Waals surface area contributed by atoms with E-state index < -0.39 is 108 Å². The molecule has 4 nitrogen and oxygen atoms in total. The lowest BCUT2D eigenvalue weighted by Gasteiger charge is -2.45. The number of alkyl halides is 12. The highest BCUT2D eigenvalue weighted by Crippen LogP contribution is 2.40. The first-order valence-electron chi connectivity index (χ1n) is 11.3. The van der Waals surface area contributed by atoms with Crippen molar-refractivity contribution in [1.29, 1.82) is 0 Å². The molecule has 0 saturated heterocycles. The Morgan fingerprint density at radius 1 is 0.450 bits per heavy atom. The van der Waals surface area contributed by atoms with Gasteiger partial charge in [-0.3, -0.25) is 0 Å². The summed E-state index contributed by atoms with van der Waals surface area (Å²) in [5.41, 5.74) is 0. The molecule has 0 heterocycles. The molecule has 24 heteroatoms. The number of rotatable bonds is 15. The van der Waals surface area contributed by atoms with E-state index >= 15 is 0 Å². The average molecular weight is 760 g/mol. The molecule has 0 rings (SSSR count). The van der Waals surface area contributed by atoms with Crippen molar-refractivity contribution in [3.63, 3.8) is 0 Å². The van der Waals surface area contributed by atoms with Crippen molar-refractivity contribution in [2.24, 2.45) is 0 Å². The lowest BCUT2D eigenvalue weighted by atomic mass is 10.5. The maximum atomic E-state index is 13.2. The minimum atomic E-state index is -4.87. The molecule has 0 N–H and O–H groups in total. The summed E-state index contributed by atoms with van der Waals surface area (Å²) in [5.74, 6) is 0. The minimum absolute atomic E-state index is 0.932. The van der Waals surface area contributed by atoms with Gasteiger partial charge in [0, 0.05) is 19.3 Å². The van der Waals surface area contributed by atoms with Crippen LogP contribution in [0.1, 0.15) is 19.3 Å². The van der Waals surface area contributed by atoms with Crippen molar-refractivity contribution >= 4 is 73.5 Å². The Bertz CT molecular complexity index is 813. The molecule has 0 amide bonds. The normalized spacial score (nSPS) is 19.2. The Kier molecular flexibility index (Phi) is 14.3. The standard InChI is InChI=1S/C16H29Cl3F12O4Si5/c1-36(2,12-16(29,30)31)32-37(3,9-6-13(20,21)22)33-38(4,10-7-14(23,24)25)34-39(5,35-40(17,18)19)11-8-15(26,27)28/h6-12H2,1-5H3. The summed E-state index contributed by atoms with van der Waals surface area (Å²) in [6, 6.07) is -4.58. The Morgan fingerprint density at radius 3 is 0.975 bits per heavy atom. The van der Waals surface area contributed by atoms with Gasteiger partial charge < -0.3 is 16.5 Å². The molecule has 0 aliphatic heterocycles. The van der Waals surface area contributed by atoms with Crippen molar-refractivity contribution in [3.8, 4) is 0 Å². The third-order valence-corrected chi connectivity index (χ3v) is 25.2. The first kappa shape index (κ1) is 41.0. The summed E-state index contributed by atoms with van der Waals surface area (Å²) in [5, 5.41) is 0. The summed E-state index contributed by atoms with van der Waals surface area (Å²) in [4.78, 5) is 0. The van der Waals surface area contributed by atoms with Gasteiger partial charge in [-0.05, 0) is 50.9 Å². The fourth-order valence-electron chi connectivity index (χ4n) is 3.74.